The molecule has 1 unspecified atom stereocenters. The number of amides is 3. The van der Waals surface area contributed by atoms with E-state index < -0.39 is 60.1 Å². The van der Waals surface area contributed by atoms with Gasteiger partial charge in [-0.2, -0.15) is 18.3 Å². The van der Waals surface area contributed by atoms with Gasteiger partial charge in [-0.3, -0.25) is 29.3 Å². The third-order valence-electron chi connectivity index (χ3n) is 11.9. The first kappa shape index (κ1) is 42.1. The van der Waals surface area contributed by atoms with Gasteiger partial charge in [0.1, 0.15) is 30.3 Å². The van der Waals surface area contributed by atoms with Crippen LogP contribution in [0.3, 0.4) is 0 Å². The Balaban J connectivity index is 0.787. The summed E-state index contributed by atoms with van der Waals surface area (Å²) in [5.41, 5.74) is -0.611. The van der Waals surface area contributed by atoms with Gasteiger partial charge in [0.2, 0.25) is 17.7 Å². The molecule has 3 amide bonds. The third kappa shape index (κ3) is 9.66. The number of hydrogen-bond donors (Lipinski definition) is 3. The molecule has 0 spiro atoms. The second kappa shape index (κ2) is 17.4. The Labute approximate surface area is 344 Å². The van der Waals surface area contributed by atoms with Gasteiger partial charge in [0.25, 0.3) is 12.3 Å². The summed E-state index contributed by atoms with van der Waals surface area (Å²) in [6, 6.07) is 5.41. The maximum absolute atomic E-state index is 15.1. The van der Waals surface area contributed by atoms with Crippen molar-refractivity contribution < 1.29 is 49.5 Å². The van der Waals surface area contributed by atoms with Gasteiger partial charge in [0, 0.05) is 93.4 Å². The Bertz CT molecular complexity index is 2220. The van der Waals surface area contributed by atoms with Crippen molar-refractivity contribution in [3.8, 4) is 11.5 Å². The fourth-order valence-electron chi connectivity index (χ4n) is 8.71. The van der Waals surface area contributed by atoms with E-state index in [9.17, 15) is 36.3 Å². The van der Waals surface area contributed by atoms with Crippen LogP contribution in [-0.4, -0.2) is 112 Å². The lowest BCUT2D eigenvalue weighted by molar-refractivity contribution is -0.134. The monoisotopic (exact) mass is 860 g/mol. The summed E-state index contributed by atoms with van der Waals surface area (Å²) in [5.74, 6) is -4.42. The van der Waals surface area contributed by atoms with Crippen molar-refractivity contribution in [2.24, 2.45) is 5.92 Å². The molecular weight excluding hydrogens is 817 g/mol. The first-order chi connectivity index (χ1) is 29.2. The molecule has 0 radical (unpaired) electrons. The number of benzene rings is 1. The number of pyridine rings is 1. The molecule has 4 aliphatic rings. The molecule has 3 aliphatic heterocycles. The maximum Gasteiger partial charge on any atom is 0.405 e. The highest BCUT2D eigenvalue weighted by atomic mass is 19.4. The number of halogens is 7. The minimum atomic E-state index is -4.46. The number of carbonyl (C=O) groups is 3. The van der Waals surface area contributed by atoms with Gasteiger partial charge in [-0.1, -0.05) is 0 Å². The average Bonchev–Trinajstić information content (AvgIpc) is 3.88. The number of piperazine rings is 1. The van der Waals surface area contributed by atoms with Gasteiger partial charge in [0.05, 0.1) is 17.6 Å². The van der Waals surface area contributed by atoms with Crippen LogP contribution in [-0.2, 0) is 9.59 Å². The lowest BCUT2D eigenvalue weighted by atomic mass is 9.89. The minimum Gasteiger partial charge on any atom is -0.444 e. The molecule has 1 aliphatic carbocycles. The number of nitrogens with zero attached hydrogens (tertiary/aromatic N) is 7. The second-order valence-corrected chi connectivity index (χ2v) is 16.0. The summed E-state index contributed by atoms with van der Waals surface area (Å²) < 4.78 is 103. The van der Waals surface area contributed by atoms with Gasteiger partial charge < -0.3 is 24.9 Å². The Kier molecular flexibility index (Phi) is 12.0. The van der Waals surface area contributed by atoms with Crippen molar-refractivity contribution in [1.82, 2.24) is 34.9 Å². The first-order valence-electron chi connectivity index (χ1n) is 20.1. The Morgan fingerprint density at radius 2 is 1.67 bits per heavy atom. The van der Waals surface area contributed by atoms with Crippen LogP contribution in [0, 0.1) is 17.6 Å². The van der Waals surface area contributed by atoms with Crippen LogP contribution in [0.1, 0.15) is 78.7 Å². The fraction of sp³-hybridized carbons (Fsp3) is 0.500. The van der Waals surface area contributed by atoms with E-state index in [0.717, 1.165) is 51.8 Å². The molecule has 3 N–H and O–H groups in total. The van der Waals surface area contributed by atoms with Gasteiger partial charge in [-0.25, -0.2) is 27.5 Å². The maximum atomic E-state index is 15.1. The quantitative estimate of drug-likeness (QED) is 0.111. The van der Waals surface area contributed by atoms with Crippen molar-refractivity contribution in [1.29, 1.82) is 0 Å². The standard InChI is InChI=1S/C40H43F7N10O4/c41-28-14-26(15-29(42)34(28)27-5-6-33(58)52-37(27)59)56-17-22(18-56)16-54-9-11-55(12-10-54)24-1-3-25(4-2-24)57-19-30(35(53-57)36(43)44)50-38(60)31-20-61-39(51-31)23-7-8-48-32(13-23)49-21-40(45,46)47/h7-8,13-15,19-20,22,24-25,27,36H,1-6,9-12,16-18,21H2,(H,48,49)(H,50,60)(H,52,58,59). The normalized spacial score (nSPS) is 22.0. The molecule has 61 heavy (non-hydrogen) atoms. The van der Waals surface area contributed by atoms with Gasteiger partial charge in [0.15, 0.2) is 11.4 Å². The number of rotatable bonds is 12. The first-order valence-corrected chi connectivity index (χ1v) is 20.1. The van der Waals surface area contributed by atoms with Crippen LogP contribution in [0.25, 0.3) is 11.5 Å². The molecule has 3 aromatic heterocycles. The number of nitrogens with one attached hydrogen (secondary N) is 3. The number of anilines is 3. The summed E-state index contributed by atoms with van der Waals surface area (Å²) in [7, 11) is 0. The summed E-state index contributed by atoms with van der Waals surface area (Å²) >= 11 is 0. The molecule has 4 aromatic rings. The zero-order chi connectivity index (χ0) is 43.0. The van der Waals surface area contributed by atoms with Gasteiger partial charge in [-0.15, -0.1) is 0 Å². The van der Waals surface area contributed by atoms with Crippen molar-refractivity contribution in [3.05, 3.63) is 71.5 Å². The summed E-state index contributed by atoms with van der Waals surface area (Å²) in [6.45, 7) is 4.34. The van der Waals surface area contributed by atoms with E-state index in [2.05, 4.69) is 40.8 Å². The fourth-order valence-corrected chi connectivity index (χ4v) is 8.71. The molecule has 1 atom stereocenters. The van der Waals surface area contributed by atoms with Crippen molar-refractivity contribution in [3.63, 3.8) is 0 Å². The predicted octanol–water partition coefficient (Wildman–Crippen LogP) is 6.13. The van der Waals surface area contributed by atoms with Crippen LogP contribution < -0.4 is 20.9 Å². The minimum absolute atomic E-state index is 0.0302. The lowest BCUT2D eigenvalue weighted by Gasteiger charge is -2.46. The molecule has 21 heteroatoms. The topological polar surface area (TPSA) is 154 Å². The molecule has 1 aromatic carbocycles. The molecule has 14 nitrogen and oxygen atoms in total. The molecule has 326 valence electrons. The Morgan fingerprint density at radius 1 is 0.967 bits per heavy atom. The molecule has 3 saturated heterocycles. The van der Waals surface area contributed by atoms with E-state index in [1.54, 1.807) is 0 Å². The number of oxazole rings is 1. The van der Waals surface area contributed by atoms with Gasteiger partial charge in [-0.05, 0) is 56.4 Å². The summed E-state index contributed by atoms with van der Waals surface area (Å²) in [6.07, 6.45) is -0.585. The number of carbonyl (C=O) groups excluding carboxylic acids is 3. The van der Waals surface area contributed by atoms with Crippen molar-refractivity contribution in [2.45, 2.75) is 69.1 Å². The van der Waals surface area contributed by atoms with Crippen LogP contribution in [0.15, 0.2) is 47.3 Å². The lowest BCUT2D eigenvalue weighted by Crippen LogP contribution is -2.56. The zero-order valence-electron chi connectivity index (χ0n) is 32.7. The van der Waals surface area contributed by atoms with Crippen molar-refractivity contribution in [2.75, 3.05) is 67.9 Å². The number of alkyl halides is 5. The highest BCUT2D eigenvalue weighted by Crippen LogP contribution is 2.37. The van der Waals surface area contributed by atoms with E-state index >= 15 is 8.78 Å². The van der Waals surface area contributed by atoms with E-state index in [4.69, 9.17) is 4.42 Å². The van der Waals surface area contributed by atoms with E-state index in [0.29, 0.717) is 43.6 Å². The van der Waals surface area contributed by atoms with E-state index in [1.807, 2.05) is 4.90 Å². The molecular formula is C40H43F7N10O4. The molecule has 1 saturated carbocycles. The summed E-state index contributed by atoms with van der Waals surface area (Å²) in [5, 5.41) is 10.9. The van der Waals surface area contributed by atoms with E-state index in [1.165, 1.54) is 41.3 Å². The van der Waals surface area contributed by atoms with Crippen LogP contribution >= 0.6 is 0 Å². The zero-order valence-corrected chi connectivity index (χ0v) is 32.7. The number of aromatic nitrogens is 4. The number of hydrogen-bond acceptors (Lipinski definition) is 11. The van der Waals surface area contributed by atoms with Crippen molar-refractivity contribution >= 4 is 34.9 Å². The smallest absolute Gasteiger partial charge is 0.405 e. The third-order valence-corrected chi connectivity index (χ3v) is 11.9. The largest absolute Gasteiger partial charge is 0.444 e. The highest BCUT2D eigenvalue weighted by molar-refractivity contribution is 6.03. The summed E-state index contributed by atoms with van der Waals surface area (Å²) in [4.78, 5) is 51.5. The van der Waals surface area contributed by atoms with Crippen LogP contribution in [0.2, 0.25) is 0 Å². The second-order valence-electron chi connectivity index (χ2n) is 16.0. The predicted molar refractivity (Wildman–Crippen MR) is 206 cm³/mol. The Hall–Kier alpha value is -5.57. The van der Waals surface area contributed by atoms with Crippen LogP contribution in [0.4, 0.5) is 47.9 Å². The van der Waals surface area contributed by atoms with Gasteiger partial charge >= 0.3 is 6.18 Å². The SMILES string of the molecule is O=C1CCC(c2c(F)cc(N3CC(CN4CCN(C5CCC(n6cc(NC(=O)c7coc(-c8ccnc(NCC(F)(F)F)c8)n7)c(C(F)F)n6)CC5)CC4)C3)cc2F)C(=O)N1. The molecule has 6 heterocycles. The average molecular weight is 861 g/mol. The highest BCUT2D eigenvalue weighted by Gasteiger charge is 2.36. The number of imide groups is 1. The van der Waals surface area contributed by atoms with Crippen LogP contribution in [0.5, 0.6) is 0 Å². The van der Waals surface area contributed by atoms with E-state index in [-0.39, 0.29) is 53.1 Å². The Morgan fingerprint density at radius 3 is 2.34 bits per heavy atom. The number of piperidine rings is 1. The molecule has 4 fully saturated rings. The molecule has 0 bridgehead atoms. The molecule has 8 rings (SSSR count).